The summed E-state index contributed by atoms with van der Waals surface area (Å²) in [6, 6.07) is 5.75. The maximum absolute atomic E-state index is 13.2. The molecule has 6 heteroatoms. The Bertz CT molecular complexity index is 580. The first kappa shape index (κ1) is 12.2. The lowest BCUT2D eigenvalue weighted by atomic mass is 10.1. The molecule has 0 saturated heterocycles. The first-order valence-electron chi connectivity index (χ1n) is 5.56. The predicted octanol–water partition coefficient (Wildman–Crippen LogP) is 2.19. The Morgan fingerprint density at radius 2 is 2.28 bits per heavy atom. The van der Waals surface area contributed by atoms with E-state index in [4.69, 9.17) is 5.11 Å². The van der Waals surface area contributed by atoms with Gasteiger partial charge in [-0.15, -0.1) is 5.10 Å². The summed E-state index contributed by atoms with van der Waals surface area (Å²) >= 11 is 0. The highest BCUT2D eigenvalue weighted by Crippen LogP contribution is 2.23. The molecule has 94 valence electrons. The third-order valence-electron chi connectivity index (χ3n) is 2.47. The molecule has 0 radical (unpaired) electrons. The van der Waals surface area contributed by atoms with Crippen LogP contribution in [-0.2, 0) is 6.54 Å². The maximum Gasteiger partial charge on any atom is 0.358 e. The number of halogens is 1. The van der Waals surface area contributed by atoms with Crippen LogP contribution in [0.25, 0.3) is 11.3 Å². The number of rotatable bonds is 4. The number of carboxylic acids is 1. The van der Waals surface area contributed by atoms with E-state index in [-0.39, 0.29) is 5.69 Å². The number of nitrogens with zero attached hydrogens (tertiary/aromatic N) is 3. The van der Waals surface area contributed by atoms with Gasteiger partial charge in [0.15, 0.2) is 5.69 Å². The zero-order valence-corrected chi connectivity index (χ0v) is 9.80. The summed E-state index contributed by atoms with van der Waals surface area (Å²) in [5.74, 6) is -1.59. The lowest BCUT2D eigenvalue weighted by Gasteiger charge is -2.05. The van der Waals surface area contributed by atoms with Gasteiger partial charge in [0.1, 0.15) is 11.5 Å². The van der Waals surface area contributed by atoms with E-state index >= 15 is 0 Å². The van der Waals surface area contributed by atoms with E-state index in [2.05, 4.69) is 10.3 Å². The van der Waals surface area contributed by atoms with Crippen LogP contribution < -0.4 is 0 Å². The van der Waals surface area contributed by atoms with Crippen molar-refractivity contribution in [2.24, 2.45) is 0 Å². The number of hydrogen-bond donors (Lipinski definition) is 1. The summed E-state index contributed by atoms with van der Waals surface area (Å²) in [5, 5.41) is 16.5. The second kappa shape index (κ2) is 4.95. The Hall–Kier alpha value is -2.24. The maximum atomic E-state index is 13.2. The third kappa shape index (κ3) is 2.22. The van der Waals surface area contributed by atoms with Crippen molar-refractivity contribution in [1.29, 1.82) is 0 Å². The van der Waals surface area contributed by atoms with Gasteiger partial charge in [-0.2, -0.15) is 0 Å². The fourth-order valence-electron chi connectivity index (χ4n) is 1.75. The molecule has 0 bridgehead atoms. The van der Waals surface area contributed by atoms with Crippen LogP contribution in [0.2, 0.25) is 0 Å². The Morgan fingerprint density at radius 3 is 2.89 bits per heavy atom. The van der Waals surface area contributed by atoms with Crippen molar-refractivity contribution in [3.8, 4) is 11.3 Å². The van der Waals surface area contributed by atoms with Gasteiger partial charge in [0.2, 0.25) is 0 Å². The SMILES string of the molecule is CCCn1nnc(C(=O)O)c1-c1cccc(F)c1. The third-order valence-corrected chi connectivity index (χ3v) is 2.47. The largest absolute Gasteiger partial charge is 0.476 e. The van der Waals surface area contributed by atoms with E-state index in [9.17, 15) is 9.18 Å². The zero-order chi connectivity index (χ0) is 13.1. The average Bonchev–Trinajstić information content (AvgIpc) is 2.73. The number of aryl methyl sites for hydroxylation is 1. The highest BCUT2D eigenvalue weighted by atomic mass is 19.1. The number of carboxylic acid groups (broad SMARTS) is 1. The van der Waals surface area contributed by atoms with Crippen molar-refractivity contribution in [3.05, 3.63) is 35.8 Å². The summed E-state index contributed by atoms with van der Waals surface area (Å²) < 4.78 is 14.7. The normalized spacial score (nSPS) is 10.6. The summed E-state index contributed by atoms with van der Waals surface area (Å²) in [6.45, 7) is 2.48. The number of aromatic nitrogens is 3. The molecule has 0 amide bonds. The molecule has 0 aliphatic rings. The smallest absolute Gasteiger partial charge is 0.358 e. The van der Waals surface area contributed by atoms with Gasteiger partial charge < -0.3 is 5.11 Å². The summed E-state index contributed by atoms with van der Waals surface area (Å²) in [7, 11) is 0. The van der Waals surface area contributed by atoms with Gasteiger partial charge >= 0.3 is 5.97 Å². The van der Waals surface area contributed by atoms with Crippen LogP contribution in [0.3, 0.4) is 0 Å². The van der Waals surface area contributed by atoms with Crippen molar-refractivity contribution in [3.63, 3.8) is 0 Å². The molecule has 0 aliphatic carbocycles. The molecule has 0 aliphatic heterocycles. The van der Waals surface area contributed by atoms with E-state index < -0.39 is 11.8 Å². The minimum Gasteiger partial charge on any atom is -0.476 e. The topological polar surface area (TPSA) is 68.0 Å². The zero-order valence-electron chi connectivity index (χ0n) is 9.80. The molecule has 0 saturated carbocycles. The van der Waals surface area contributed by atoms with Crippen LogP contribution in [0.1, 0.15) is 23.8 Å². The van der Waals surface area contributed by atoms with Crippen LogP contribution in [0.4, 0.5) is 4.39 Å². The van der Waals surface area contributed by atoms with Gasteiger partial charge in [-0.05, 0) is 18.6 Å². The summed E-state index contributed by atoms with van der Waals surface area (Å²) in [5.41, 5.74) is 0.642. The quantitative estimate of drug-likeness (QED) is 0.901. The van der Waals surface area contributed by atoms with E-state index in [0.717, 1.165) is 6.42 Å². The van der Waals surface area contributed by atoms with Crippen LogP contribution in [0.5, 0.6) is 0 Å². The van der Waals surface area contributed by atoms with Crippen molar-refractivity contribution in [2.75, 3.05) is 0 Å². The molecule has 0 spiro atoms. The molecule has 1 aromatic carbocycles. The van der Waals surface area contributed by atoms with Crippen LogP contribution >= 0.6 is 0 Å². The van der Waals surface area contributed by atoms with E-state index in [1.165, 1.54) is 22.9 Å². The highest BCUT2D eigenvalue weighted by molar-refractivity contribution is 5.92. The molecule has 18 heavy (non-hydrogen) atoms. The molecule has 1 aromatic heterocycles. The highest BCUT2D eigenvalue weighted by Gasteiger charge is 2.20. The van der Waals surface area contributed by atoms with Gasteiger partial charge in [-0.25, -0.2) is 13.9 Å². The molecular weight excluding hydrogens is 237 g/mol. The molecule has 1 N–H and O–H groups in total. The Labute approximate surface area is 103 Å². The monoisotopic (exact) mass is 249 g/mol. The van der Waals surface area contributed by atoms with Crippen LogP contribution in [0, 0.1) is 5.82 Å². The molecule has 0 fully saturated rings. The summed E-state index contributed by atoms with van der Waals surface area (Å²) in [6.07, 6.45) is 0.782. The van der Waals surface area contributed by atoms with Gasteiger partial charge in [0.25, 0.3) is 0 Å². The van der Waals surface area contributed by atoms with Gasteiger partial charge in [-0.3, -0.25) is 0 Å². The van der Waals surface area contributed by atoms with Crippen LogP contribution in [0.15, 0.2) is 24.3 Å². The Kier molecular flexibility index (Phi) is 3.36. The minimum absolute atomic E-state index is 0.158. The molecule has 2 aromatic rings. The lowest BCUT2D eigenvalue weighted by Crippen LogP contribution is -2.04. The Morgan fingerprint density at radius 1 is 1.50 bits per heavy atom. The average molecular weight is 249 g/mol. The molecule has 5 nitrogen and oxygen atoms in total. The molecule has 1 heterocycles. The fourth-order valence-corrected chi connectivity index (χ4v) is 1.75. The second-order valence-corrected chi connectivity index (χ2v) is 3.83. The van der Waals surface area contributed by atoms with E-state index in [1.54, 1.807) is 6.07 Å². The minimum atomic E-state index is -1.17. The predicted molar refractivity (Wildman–Crippen MR) is 62.7 cm³/mol. The lowest BCUT2D eigenvalue weighted by molar-refractivity contribution is 0.0691. The standard InChI is InChI=1S/C12H12FN3O2/c1-2-6-16-11(10(12(17)18)14-15-16)8-4-3-5-9(13)7-8/h3-5,7H,2,6H2,1H3,(H,17,18). The van der Waals surface area contributed by atoms with Crippen LogP contribution in [-0.4, -0.2) is 26.1 Å². The van der Waals surface area contributed by atoms with Gasteiger partial charge in [0.05, 0.1) is 0 Å². The van der Waals surface area contributed by atoms with Crippen molar-refractivity contribution in [2.45, 2.75) is 19.9 Å². The van der Waals surface area contributed by atoms with Crippen molar-refractivity contribution < 1.29 is 14.3 Å². The van der Waals surface area contributed by atoms with Crippen molar-refractivity contribution >= 4 is 5.97 Å². The van der Waals surface area contributed by atoms with E-state index in [0.29, 0.717) is 17.8 Å². The summed E-state index contributed by atoms with van der Waals surface area (Å²) in [4.78, 5) is 11.1. The first-order chi connectivity index (χ1) is 8.63. The fraction of sp³-hybridized carbons (Fsp3) is 0.250. The molecule has 0 atom stereocenters. The van der Waals surface area contributed by atoms with Gasteiger partial charge in [-0.1, -0.05) is 24.3 Å². The molecule has 2 rings (SSSR count). The van der Waals surface area contributed by atoms with E-state index in [1.807, 2.05) is 6.92 Å². The number of carbonyl (C=O) groups is 1. The number of hydrogen-bond acceptors (Lipinski definition) is 3. The number of benzene rings is 1. The first-order valence-corrected chi connectivity index (χ1v) is 5.56. The molecular formula is C12H12FN3O2. The Balaban J connectivity index is 2.59. The van der Waals surface area contributed by atoms with Crippen molar-refractivity contribution in [1.82, 2.24) is 15.0 Å². The number of aromatic carboxylic acids is 1. The second-order valence-electron chi connectivity index (χ2n) is 3.83. The molecule has 0 unspecified atom stereocenters. The van der Waals surface area contributed by atoms with Gasteiger partial charge in [0, 0.05) is 12.1 Å².